The number of hydrogen-bond acceptors (Lipinski definition) is 3. The van der Waals surface area contributed by atoms with Crippen LogP contribution in [-0.4, -0.2) is 60.6 Å². The molecule has 1 atom stereocenters. The van der Waals surface area contributed by atoms with E-state index < -0.39 is 0 Å². The van der Waals surface area contributed by atoms with Gasteiger partial charge in [-0.3, -0.25) is 4.79 Å². The minimum Gasteiger partial charge on any atom is -0.491 e. The third kappa shape index (κ3) is 6.08. The maximum absolute atomic E-state index is 12.9. The quantitative estimate of drug-likeness (QED) is 0.818. The van der Waals surface area contributed by atoms with Crippen LogP contribution < -0.4 is 10.1 Å². The van der Waals surface area contributed by atoms with E-state index in [0.717, 1.165) is 38.8 Å². The molecule has 0 bridgehead atoms. The molecule has 160 valence electrons. The number of hydrogen-bond donors (Lipinski definition) is 1. The van der Waals surface area contributed by atoms with Gasteiger partial charge in [0, 0.05) is 32.1 Å². The van der Waals surface area contributed by atoms with Gasteiger partial charge >= 0.3 is 6.03 Å². The largest absolute Gasteiger partial charge is 0.491 e. The van der Waals surface area contributed by atoms with Crippen molar-refractivity contribution in [3.63, 3.8) is 0 Å². The number of nitrogens with one attached hydrogen (secondary N) is 1. The van der Waals surface area contributed by atoms with Crippen LogP contribution in [0, 0.1) is 17.7 Å². The van der Waals surface area contributed by atoms with Crippen molar-refractivity contribution in [1.82, 2.24) is 15.1 Å². The van der Waals surface area contributed by atoms with Gasteiger partial charge in [-0.05, 0) is 62.8 Å². The average molecular weight is 406 g/mol. The van der Waals surface area contributed by atoms with E-state index in [1.54, 1.807) is 17.0 Å². The molecule has 3 rings (SSSR count). The number of amides is 3. The van der Waals surface area contributed by atoms with Gasteiger partial charge in [0.25, 0.3) is 0 Å². The highest BCUT2D eigenvalue weighted by atomic mass is 19.1. The average Bonchev–Trinajstić information content (AvgIpc) is 2.73. The Hall–Kier alpha value is -2.31. The Morgan fingerprint density at radius 2 is 1.66 bits per heavy atom. The molecule has 1 N–H and O–H groups in total. The van der Waals surface area contributed by atoms with Crippen LogP contribution in [0.4, 0.5) is 9.18 Å². The molecule has 1 aromatic carbocycles. The molecule has 29 heavy (non-hydrogen) atoms. The highest BCUT2D eigenvalue weighted by Gasteiger charge is 2.31. The van der Waals surface area contributed by atoms with Crippen LogP contribution >= 0.6 is 0 Å². The molecule has 0 aromatic heterocycles. The summed E-state index contributed by atoms with van der Waals surface area (Å²) in [6.07, 6.45) is 3.62. The molecule has 3 amide bonds. The lowest BCUT2D eigenvalue weighted by Gasteiger charge is -2.37. The van der Waals surface area contributed by atoms with E-state index in [2.05, 4.69) is 12.2 Å². The number of carbonyl (C=O) groups excluding carboxylic acids is 2. The summed E-state index contributed by atoms with van der Waals surface area (Å²) in [5, 5.41) is 2.94. The first-order valence-corrected chi connectivity index (χ1v) is 10.6. The van der Waals surface area contributed by atoms with E-state index in [1.807, 2.05) is 11.8 Å². The zero-order valence-electron chi connectivity index (χ0n) is 17.4. The molecule has 1 unspecified atom stereocenters. The van der Waals surface area contributed by atoms with E-state index in [4.69, 9.17) is 4.74 Å². The topological polar surface area (TPSA) is 61.9 Å². The lowest BCUT2D eigenvalue weighted by atomic mass is 9.93. The first-order valence-electron chi connectivity index (χ1n) is 10.6. The van der Waals surface area contributed by atoms with Crippen LogP contribution in [0.15, 0.2) is 24.3 Å². The van der Waals surface area contributed by atoms with Crippen molar-refractivity contribution in [2.75, 3.05) is 32.8 Å². The standard InChI is InChI=1S/C22H32FN3O3/c1-16-7-11-25(12-8-16)21(27)18-9-13-26(14-10-18)22(28)24-17(2)15-29-20-5-3-19(23)4-6-20/h3-6,16-18H,7-15H2,1-2H3,(H,24,28). The van der Waals surface area contributed by atoms with E-state index in [9.17, 15) is 14.0 Å². The van der Waals surface area contributed by atoms with Gasteiger partial charge in [-0.1, -0.05) is 6.92 Å². The third-order valence-corrected chi connectivity index (χ3v) is 5.91. The zero-order valence-corrected chi connectivity index (χ0v) is 17.4. The number of nitrogens with zero attached hydrogens (tertiary/aromatic N) is 2. The van der Waals surface area contributed by atoms with E-state index in [0.29, 0.717) is 31.4 Å². The lowest BCUT2D eigenvalue weighted by molar-refractivity contribution is -0.138. The van der Waals surface area contributed by atoms with Gasteiger partial charge in [0.1, 0.15) is 18.2 Å². The van der Waals surface area contributed by atoms with Gasteiger partial charge in [-0.2, -0.15) is 0 Å². The number of halogens is 1. The van der Waals surface area contributed by atoms with Crippen LogP contribution in [0.1, 0.15) is 39.5 Å². The van der Waals surface area contributed by atoms with Crippen LogP contribution in [0.2, 0.25) is 0 Å². The van der Waals surface area contributed by atoms with Gasteiger partial charge in [0.2, 0.25) is 5.91 Å². The molecule has 0 aliphatic carbocycles. The summed E-state index contributed by atoms with van der Waals surface area (Å²) in [5.74, 6) is 1.26. The molecule has 7 heteroatoms. The fourth-order valence-electron chi connectivity index (χ4n) is 3.91. The van der Waals surface area contributed by atoms with Crippen LogP contribution in [-0.2, 0) is 4.79 Å². The monoisotopic (exact) mass is 405 g/mol. The maximum Gasteiger partial charge on any atom is 0.317 e. The Kier molecular flexibility index (Phi) is 7.34. The predicted molar refractivity (Wildman–Crippen MR) is 109 cm³/mol. The summed E-state index contributed by atoms with van der Waals surface area (Å²) in [4.78, 5) is 29.0. The van der Waals surface area contributed by atoms with Gasteiger partial charge in [-0.15, -0.1) is 0 Å². The van der Waals surface area contributed by atoms with Gasteiger partial charge in [0.05, 0.1) is 6.04 Å². The van der Waals surface area contributed by atoms with Crippen molar-refractivity contribution in [2.45, 2.75) is 45.6 Å². The fraction of sp³-hybridized carbons (Fsp3) is 0.636. The number of piperidine rings is 2. The highest BCUT2D eigenvalue weighted by Crippen LogP contribution is 2.23. The van der Waals surface area contributed by atoms with Crippen molar-refractivity contribution in [1.29, 1.82) is 0 Å². The number of urea groups is 1. The lowest BCUT2D eigenvalue weighted by Crippen LogP contribution is -2.50. The Balaban J connectivity index is 1.38. The summed E-state index contributed by atoms with van der Waals surface area (Å²) in [6.45, 7) is 7.34. The van der Waals surface area contributed by atoms with Crippen molar-refractivity contribution in [3.8, 4) is 5.75 Å². The molecule has 0 spiro atoms. The van der Waals surface area contributed by atoms with Gasteiger partial charge < -0.3 is 19.9 Å². The van der Waals surface area contributed by atoms with Crippen molar-refractivity contribution < 1.29 is 18.7 Å². The second kappa shape index (κ2) is 9.94. The van der Waals surface area contributed by atoms with E-state index in [1.165, 1.54) is 12.1 Å². The van der Waals surface area contributed by atoms with E-state index in [-0.39, 0.29) is 29.7 Å². The molecule has 6 nitrogen and oxygen atoms in total. The first-order chi connectivity index (χ1) is 13.9. The molecular weight excluding hydrogens is 373 g/mol. The summed E-state index contributed by atoms with van der Waals surface area (Å²) in [7, 11) is 0. The predicted octanol–water partition coefficient (Wildman–Crippen LogP) is 3.27. The Labute approximate surface area is 172 Å². The van der Waals surface area contributed by atoms with E-state index >= 15 is 0 Å². The minimum atomic E-state index is -0.310. The van der Waals surface area contributed by atoms with Crippen LogP contribution in [0.5, 0.6) is 5.75 Å². The Bertz CT molecular complexity index is 681. The SMILES string of the molecule is CC1CCN(C(=O)C2CCN(C(=O)NC(C)COc3ccc(F)cc3)CC2)CC1. The molecule has 2 aliphatic rings. The molecule has 2 aliphatic heterocycles. The molecule has 2 fully saturated rings. The Morgan fingerprint density at radius 3 is 2.28 bits per heavy atom. The zero-order chi connectivity index (χ0) is 20.8. The number of ether oxygens (including phenoxy) is 1. The van der Waals surface area contributed by atoms with Gasteiger partial charge in [0.15, 0.2) is 0 Å². The number of benzene rings is 1. The normalized spacial score (nSPS) is 19.7. The second-order valence-corrected chi connectivity index (χ2v) is 8.38. The van der Waals surface area contributed by atoms with Crippen LogP contribution in [0.25, 0.3) is 0 Å². The molecule has 0 saturated carbocycles. The summed E-state index contributed by atoms with van der Waals surface area (Å²) >= 11 is 0. The smallest absolute Gasteiger partial charge is 0.317 e. The molecule has 2 heterocycles. The summed E-state index contributed by atoms with van der Waals surface area (Å²) in [5.41, 5.74) is 0. The molecular formula is C22H32FN3O3. The third-order valence-electron chi connectivity index (χ3n) is 5.91. The minimum absolute atomic E-state index is 0.0340. The fourth-order valence-corrected chi connectivity index (χ4v) is 3.91. The number of rotatable bonds is 5. The Morgan fingerprint density at radius 1 is 1.07 bits per heavy atom. The van der Waals surface area contributed by atoms with Crippen LogP contribution in [0.3, 0.4) is 0 Å². The van der Waals surface area contributed by atoms with Crippen molar-refractivity contribution in [3.05, 3.63) is 30.1 Å². The summed E-state index contributed by atoms with van der Waals surface area (Å²) in [6, 6.07) is 5.51. The molecule has 0 radical (unpaired) electrons. The van der Waals surface area contributed by atoms with Gasteiger partial charge in [-0.25, -0.2) is 9.18 Å². The maximum atomic E-state index is 12.9. The van der Waals surface area contributed by atoms with Crippen molar-refractivity contribution >= 4 is 11.9 Å². The molecule has 1 aromatic rings. The second-order valence-electron chi connectivity index (χ2n) is 8.38. The van der Waals surface area contributed by atoms with Crippen molar-refractivity contribution in [2.24, 2.45) is 11.8 Å². The number of likely N-dealkylation sites (tertiary alicyclic amines) is 2. The molecule has 2 saturated heterocycles. The first kappa shape index (κ1) is 21.4. The summed E-state index contributed by atoms with van der Waals surface area (Å²) < 4.78 is 18.5. The number of carbonyl (C=O) groups is 2. The highest BCUT2D eigenvalue weighted by molar-refractivity contribution is 5.80.